The molecular formula is C11H22N2O. The van der Waals surface area contributed by atoms with Crippen LogP contribution in [0, 0.1) is 11.8 Å². The quantitative estimate of drug-likeness (QED) is 0.531. The van der Waals surface area contributed by atoms with Crippen LogP contribution in [0.3, 0.4) is 0 Å². The second-order valence-corrected chi connectivity index (χ2v) is 4.95. The number of ether oxygens (including phenoxy) is 1. The van der Waals surface area contributed by atoms with Crippen LogP contribution in [0.1, 0.15) is 39.0 Å². The Morgan fingerprint density at radius 2 is 2.29 bits per heavy atom. The van der Waals surface area contributed by atoms with Gasteiger partial charge in [-0.2, -0.15) is 0 Å². The topological polar surface area (TPSA) is 47.3 Å². The zero-order chi connectivity index (χ0) is 9.97. The highest BCUT2D eigenvalue weighted by atomic mass is 16.5. The predicted molar refractivity (Wildman–Crippen MR) is 56.6 cm³/mol. The van der Waals surface area contributed by atoms with Crippen LogP contribution in [0.15, 0.2) is 0 Å². The third-order valence-electron chi connectivity index (χ3n) is 3.82. The van der Waals surface area contributed by atoms with E-state index in [4.69, 9.17) is 10.6 Å². The molecule has 2 fully saturated rings. The molecule has 2 rings (SSSR count). The lowest BCUT2D eigenvalue weighted by Crippen LogP contribution is -2.43. The fourth-order valence-corrected chi connectivity index (χ4v) is 2.61. The van der Waals surface area contributed by atoms with Crippen molar-refractivity contribution in [3.05, 3.63) is 0 Å². The third-order valence-corrected chi connectivity index (χ3v) is 3.82. The van der Waals surface area contributed by atoms with Crippen molar-refractivity contribution in [3.8, 4) is 0 Å². The standard InChI is InChI=1S/C11H22N2O/c1-8-5-10(7-14-8)11(13-12)6-9-3-2-4-9/h8-11,13H,2-7,12H2,1H3. The van der Waals surface area contributed by atoms with Crippen molar-refractivity contribution in [1.82, 2.24) is 5.43 Å². The van der Waals surface area contributed by atoms with E-state index in [0.717, 1.165) is 12.5 Å². The van der Waals surface area contributed by atoms with Crippen LogP contribution >= 0.6 is 0 Å². The Kier molecular flexibility index (Phi) is 3.42. The zero-order valence-corrected chi connectivity index (χ0v) is 9.04. The molecule has 1 saturated heterocycles. The van der Waals surface area contributed by atoms with Gasteiger partial charge in [-0.15, -0.1) is 0 Å². The number of hydrogen-bond donors (Lipinski definition) is 2. The fourth-order valence-electron chi connectivity index (χ4n) is 2.61. The summed E-state index contributed by atoms with van der Waals surface area (Å²) < 4.78 is 5.59. The summed E-state index contributed by atoms with van der Waals surface area (Å²) in [4.78, 5) is 0. The molecule has 2 aliphatic rings. The first-order chi connectivity index (χ1) is 6.79. The number of hydrogen-bond acceptors (Lipinski definition) is 3. The molecule has 0 aromatic heterocycles. The summed E-state index contributed by atoms with van der Waals surface area (Å²) in [7, 11) is 0. The highest BCUT2D eigenvalue weighted by Crippen LogP contribution is 2.34. The van der Waals surface area contributed by atoms with Crippen LogP contribution in [-0.2, 0) is 4.74 Å². The van der Waals surface area contributed by atoms with E-state index < -0.39 is 0 Å². The van der Waals surface area contributed by atoms with Crippen LogP contribution in [0.25, 0.3) is 0 Å². The Bertz CT molecular complexity index is 182. The average Bonchev–Trinajstić information content (AvgIpc) is 2.50. The molecule has 0 radical (unpaired) electrons. The lowest BCUT2D eigenvalue weighted by molar-refractivity contribution is 0.114. The first kappa shape index (κ1) is 10.4. The number of rotatable bonds is 4. The van der Waals surface area contributed by atoms with Crippen LogP contribution in [-0.4, -0.2) is 18.8 Å². The Balaban J connectivity index is 1.79. The van der Waals surface area contributed by atoms with E-state index in [-0.39, 0.29) is 0 Å². The highest BCUT2D eigenvalue weighted by molar-refractivity contribution is 4.84. The van der Waals surface area contributed by atoms with E-state index in [0.29, 0.717) is 18.1 Å². The minimum absolute atomic E-state index is 0.428. The van der Waals surface area contributed by atoms with Gasteiger partial charge in [0.25, 0.3) is 0 Å². The molecule has 82 valence electrons. The van der Waals surface area contributed by atoms with Gasteiger partial charge in [0, 0.05) is 12.0 Å². The summed E-state index contributed by atoms with van der Waals surface area (Å²) in [6.07, 6.45) is 7.07. The molecule has 0 aromatic carbocycles. The summed E-state index contributed by atoms with van der Waals surface area (Å²) in [6.45, 7) is 3.04. The summed E-state index contributed by atoms with van der Waals surface area (Å²) in [6, 6.07) is 0.477. The van der Waals surface area contributed by atoms with Crippen LogP contribution in [0.5, 0.6) is 0 Å². The summed E-state index contributed by atoms with van der Waals surface area (Å²) in [5.41, 5.74) is 2.98. The van der Waals surface area contributed by atoms with Crippen molar-refractivity contribution >= 4 is 0 Å². The molecule has 3 unspecified atom stereocenters. The van der Waals surface area contributed by atoms with Crippen molar-refractivity contribution in [2.75, 3.05) is 6.61 Å². The van der Waals surface area contributed by atoms with E-state index in [9.17, 15) is 0 Å². The molecule has 1 aliphatic carbocycles. The van der Waals surface area contributed by atoms with Gasteiger partial charge in [0.05, 0.1) is 12.7 Å². The monoisotopic (exact) mass is 198 g/mol. The minimum atomic E-state index is 0.428. The van der Waals surface area contributed by atoms with Gasteiger partial charge in [-0.05, 0) is 25.7 Å². The molecule has 0 aromatic rings. The van der Waals surface area contributed by atoms with Gasteiger partial charge in [-0.3, -0.25) is 11.3 Å². The molecule has 3 N–H and O–H groups in total. The SMILES string of the molecule is CC1CC(C(CC2CCC2)NN)CO1. The maximum absolute atomic E-state index is 5.62. The first-order valence-electron chi connectivity index (χ1n) is 5.87. The lowest BCUT2D eigenvalue weighted by Gasteiger charge is -2.31. The smallest absolute Gasteiger partial charge is 0.0551 e. The average molecular weight is 198 g/mol. The van der Waals surface area contributed by atoms with Gasteiger partial charge in [-0.1, -0.05) is 19.3 Å². The maximum Gasteiger partial charge on any atom is 0.0551 e. The van der Waals surface area contributed by atoms with E-state index in [2.05, 4.69) is 12.3 Å². The van der Waals surface area contributed by atoms with Crippen molar-refractivity contribution in [1.29, 1.82) is 0 Å². The number of nitrogens with one attached hydrogen (secondary N) is 1. The number of nitrogens with two attached hydrogens (primary N) is 1. The molecule has 0 bridgehead atoms. The molecule has 1 heterocycles. The Morgan fingerprint density at radius 1 is 1.50 bits per heavy atom. The van der Waals surface area contributed by atoms with E-state index in [1.807, 2.05) is 0 Å². The van der Waals surface area contributed by atoms with Crippen molar-refractivity contribution in [2.45, 2.75) is 51.2 Å². The molecule has 1 saturated carbocycles. The molecule has 1 aliphatic heterocycles. The second-order valence-electron chi connectivity index (χ2n) is 4.95. The van der Waals surface area contributed by atoms with Gasteiger partial charge in [0.2, 0.25) is 0 Å². The fraction of sp³-hybridized carbons (Fsp3) is 1.00. The van der Waals surface area contributed by atoms with Crippen LogP contribution in [0.4, 0.5) is 0 Å². The van der Waals surface area contributed by atoms with Gasteiger partial charge in [0.1, 0.15) is 0 Å². The van der Waals surface area contributed by atoms with E-state index >= 15 is 0 Å². The minimum Gasteiger partial charge on any atom is -0.378 e. The molecule has 0 spiro atoms. The van der Waals surface area contributed by atoms with Gasteiger partial charge in [0.15, 0.2) is 0 Å². The van der Waals surface area contributed by atoms with Gasteiger partial charge >= 0.3 is 0 Å². The summed E-state index contributed by atoms with van der Waals surface area (Å²) in [5.74, 6) is 7.18. The molecule has 3 heteroatoms. The number of hydrazine groups is 1. The molecular weight excluding hydrogens is 176 g/mol. The Labute approximate surface area is 86.4 Å². The predicted octanol–water partition coefficient (Wildman–Crippen LogP) is 1.43. The van der Waals surface area contributed by atoms with Crippen molar-refractivity contribution in [2.24, 2.45) is 17.7 Å². The van der Waals surface area contributed by atoms with E-state index in [1.165, 1.54) is 32.1 Å². The Morgan fingerprint density at radius 3 is 2.71 bits per heavy atom. The second kappa shape index (κ2) is 4.60. The molecule has 3 atom stereocenters. The van der Waals surface area contributed by atoms with Crippen molar-refractivity contribution in [3.63, 3.8) is 0 Å². The lowest BCUT2D eigenvalue weighted by atomic mass is 9.78. The molecule has 3 nitrogen and oxygen atoms in total. The first-order valence-corrected chi connectivity index (χ1v) is 5.87. The highest BCUT2D eigenvalue weighted by Gasteiger charge is 2.31. The largest absolute Gasteiger partial charge is 0.378 e. The van der Waals surface area contributed by atoms with Crippen molar-refractivity contribution < 1.29 is 4.74 Å². The summed E-state index contributed by atoms with van der Waals surface area (Å²) in [5, 5.41) is 0. The normalized spacial score (nSPS) is 35.6. The van der Waals surface area contributed by atoms with Crippen LogP contribution in [0.2, 0.25) is 0 Å². The van der Waals surface area contributed by atoms with Gasteiger partial charge < -0.3 is 4.74 Å². The van der Waals surface area contributed by atoms with Gasteiger partial charge in [-0.25, -0.2) is 0 Å². The Hall–Kier alpha value is -0.120. The zero-order valence-electron chi connectivity index (χ0n) is 9.04. The summed E-state index contributed by atoms with van der Waals surface area (Å²) >= 11 is 0. The maximum atomic E-state index is 5.62. The molecule has 0 amide bonds. The van der Waals surface area contributed by atoms with Crippen LogP contribution < -0.4 is 11.3 Å². The van der Waals surface area contributed by atoms with E-state index in [1.54, 1.807) is 0 Å². The third kappa shape index (κ3) is 2.27. The molecule has 14 heavy (non-hydrogen) atoms.